The van der Waals surface area contributed by atoms with E-state index in [1.165, 1.54) is 24.7 Å². The van der Waals surface area contributed by atoms with Crippen LogP contribution in [0.4, 0.5) is 0 Å². The second-order valence-corrected chi connectivity index (χ2v) is 6.28. The number of nitrogens with zero attached hydrogens (tertiary/aromatic N) is 3. The van der Waals surface area contributed by atoms with Crippen molar-refractivity contribution in [1.82, 2.24) is 14.0 Å². The summed E-state index contributed by atoms with van der Waals surface area (Å²) in [6.45, 7) is 2.66. The van der Waals surface area contributed by atoms with Crippen molar-refractivity contribution in [2.24, 2.45) is 14.1 Å². The lowest BCUT2D eigenvalue weighted by Gasteiger charge is -2.27. The molecule has 0 spiro atoms. The van der Waals surface area contributed by atoms with Crippen LogP contribution < -0.4 is 11.2 Å². The molecule has 24 heavy (non-hydrogen) atoms. The van der Waals surface area contributed by atoms with Crippen LogP contribution in [-0.2, 0) is 14.1 Å². The predicted molar refractivity (Wildman–Crippen MR) is 91.1 cm³/mol. The van der Waals surface area contributed by atoms with E-state index in [0.29, 0.717) is 6.54 Å². The van der Waals surface area contributed by atoms with E-state index in [0.717, 1.165) is 28.5 Å². The van der Waals surface area contributed by atoms with Crippen molar-refractivity contribution in [1.29, 1.82) is 0 Å². The molecule has 0 unspecified atom stereocenters. The zero-order valence-corrected chi connectivity index (χ0v) is 14.2. The lowest BCUT2D eigenvalue weighted by molar-refractivity contribution is 0.0723. The Morgan fingerprint density at radius 1 is 1.12 bits per heavy atom. The minimum atomic E-state index is -0.488. The van der Waals surface area contributed by atoms with Crippen LogP contribution in [-0.4, -0.2) is 26.5 Å². The first kappa shape index (κ1) is 16.2. The van der Waals surface area contributed by atoms with Crippen LogP contribution >= 0.6 is 0 Å². The van der Waals surface area contributed by atoms with E-state index in [-0.39, 0.29) is 17.6 Å². The van der Waals surface area contributed by atoms with Crippen molar-refractivity contribution in [2.45, 2.75) is 25.8 Å². The Balaban J connectivity index is 2.03. The van der Waals surface area contributed by atoms with Gasteiger partial charge in [0, 0.05) is 26.7 Å². The molecule has 0 radical (unpaired) electrons. The molecule has 0 N–H and O–H groups in total. The van der Waals surface area contributed by atoms with Gasteiger partial charge in [-0.15, -0.1) is 0 Å². The van der Waals surface area contributed by atoms with E-state index in [1.54, 1.807) is 4.90 Å². The maximum Gasteiger partial charge on any atom is 0.331 e. The van der Waals surface area contributed by atoms with Gasteiger partial charge in [0.05, 0.1) is 6.04 Å². The minimum absolute atomic E-state index is 0.0159. The number of carbonyl (C=O) groups excluding carboxylic acids is 1. The molecule has 1 aliphatic heterocycles. The maximum atomic E-state index is 13.0. The normalized spacial score (nSPS) is 17.3. The third-order valence-electron chi connectivity index (χ3n) is 4.81. The highest BCUT2D eigenvalue weighted by Crippen LogP contribution is 2.34. The van der Waals surface area contributed by atoms with Gasteiger partial charge in [-0.25, -0.2) is 4.79 Å². The van der Waals surface area contributed by atoms with Gasteiger partial charge in [-0.05, 0) is 30.9 Å². The first-order chi connectivity index (χ1) is 11.4. The fraction of sp³-hybridized carbons (Fsp3) is 0.389. The SMILES string of the molecule is Cc1ccccc1[C@@H]1CCCN1C(=O)c1cc(=O)n(C)c(=O)n1C. The average molecular weight is 327 g/mol. The summed E-state index contributed by atoms with van der Waals surface area (Å²) >= 11 is 0. The zero-order valence-electron chi connectivity index (χ0n) is 14.2. The zero-order chi connectivity index (χ0) is 17.4. The Morgan fingerprint density at radius 3 is 2.54 bits per heavy atom. The Labute approximate surface area is 140 Å². The first-order valence-corrected chi connectivity index (χ1v) is 8.05. The van der Waals surface area contributed by atoms with E-state index in [9.17, 15) is 14.4 Å². The van der Waals surface area contributed by atoms with E-state index in [4.69, 9.17) is 0 Å². The third kappa shape index (κ3) is 2.58. The quantitative estimate of drug-likeness (QED) is 0.837. The van der Waals surface area contributed by atoms with Crippen molar-refractivity contribution >= 4 is 5.91 Å². The van der Waals surface area contributed by atoms with Crippen molar-refractivity contribution in [3.63, 3.8) is 0 Å². The molecule has 1 atom stereocenters. The molecule has 1 aromatic carbocycles. The molecule has 1 fully saturated rings. The Morgan fingerprint density at radius 2 is 1.83 bits per heavy atom. The van der Waals surface area contributed by atoms with Crippen molar-refractivity contribution in [3.8, 4) is 0 Å². The summed E-state index contributed by atoms with van der Waals surface area (Å²) < 4.78 is 2.25. The largest absolute Gasteiger partial charge is 0.331 e. The lowest BCUT2D eigenvalue weighted by atomic mass is 9.99. The molecule has 1 aliphatic rings. The smallest absolute Gasteiger partial charge is 0.330 e. The van der Waals surface area contributed by atoms with Crippen LogP contribution in [0.2, 0.25) is 0 Å². The number of rotatable bonds is 2. The molecule has 6 nitrogen and oxygen atoms in total. The maximum absolute atomic E-state index is 13.0. The van der Waals surface area contributed by atoms with Gasteiger partial charge in [0.2, 0.25) is 0 Å². The lowest BCUT2D eigenvalue weighted by Crippen LogP contribution is -2.42. The molecule has 1 aromatic heterocycles. The molecule has 2 heterocycles. The topological polar surface area (TPSA) is 64.3 Å². The van der Waals surface area contributed by atoms with E-state index >= 15 is 0 Å². The van der Waals surface area contributed by atoms with Gasteiger partial charge in [0.25, 0.3) is 11.5 Å². The van der Waals surface area contributed by atoms with Crippen LogP contribution in [0.15, 0.2) is 39.9 Å². The summed E-state index contributed by atoms with van der Waals surface area (Å²) in [5.74, 6) is -0.266. The number of aromatic nitrogens is 2. The molecule has 0 aliphatic carbocycles. The molecule has 1 amide bonds. The van der Waals surface area contributed by atoms with Gasteiger partial charge in [-0.2, -0.15) is 0 Å². The first-order valence-electron chi connectivity index (χ1n) is 8.05. The van der Waals surface area contributed by atoms with E-state index in [1.807, 2.05) is 31.2 Å². The monoisotopic (exact) mass is 327 g/mol. The molecular formula is C18H21N3O3. The van der Waals surface area contributed by atoms with Crippen molar-refractivity contribution < 1.29 is 4.79 Å². The van der Waals surface area contributed by atoms with Crippen LogP contribution in [0.1, 0.15) is 40.5 Å². The van der Waals surface area contributed by atoms with Gasteiger partial charge in [-0.1, -0.05) is 24.3 Å². The molecule has 126 valence electrons. The molecule has 0 saturated carbocycles. The van der Waals surface area contributed by atoms with Gasteiger partial charge >= 0.3 is 5.69 Å². The molecule has 1 saturated heterocycles. The molecule has 6 heteroatoms. The average Bonchev–Trinajstić information content (AvgIpc) is 3.05. The van der Waals surface area contributed by atoms with Gasteiger partial charge < -0.3 is 4.90 Å². The van der Waals surface area contributed by atoms with Crippen LogP contribution in [0.25, 0.3) is 0 Å². The summed E-state index contributed by atoms with van der Waals surface area (Å²) in [6.07, 6.45) is 1.79. The predicted octanol–water partition coefficient (Wildman–Crippen LogP) is 1.37. The number of hydrogen-bond acceptors (Lipinski definition) is 3. The number of benzene rings is 1. The molecule has 3 rings (SSSR count). The van der Waals surface area contributed by atoms with E-state index in [2.05, 4.69) is 0 Å². The highest BCUT2D eigenvalue weighted by atomic mass is 16.2. The van der Waals surface area contributed by atoms with Crippen LogP contribution in [0.5, 0.6) is 0 Å². The standard InChI is InChI=1S/C18H21N3O3/c1-12-7-4-5-8-13(12)14-9-6-10-21(14)17(23)15-11-16(22)20(3)18(24)19(15)2/h4-5,7-8,11,14H,6,9-10H2,1-3H3/t14-/m0/s1. The number of aryl methyl sites for hydroxylation is 1. The van der Waals surface area contributed by atoms with E-state index < -0.39 is 11.2 Å². The molecular weight excluding hydrogens is 306 g/mol. The summed E-state index contributed by atoms with van der Waals surface area (Å²) in [7, 11) is 2.93. The number of amides is 1. The van der Waals surface area contributed by atoms with Gasteiger partial charge in [0.1, 0.15) is 5.69 Å². The third-order valence-corrected chi connectivity index (χ3v) is 4.81. The summed E-state index contributed by atoms with van der Waals surface area (Å²) in [6, 6.07) is 9.25. The summed E-state index contributed by atoms with van der Waals surface area (Å²) in [5.41, 5.74) is 1.45. The summed E-state index contributed by atoms with van der Waals surface area (Å²) in [5, 5.41) is 0. The van der Waals surface area contributed by atoms with Crippen molar-refractivity contribution in [2.75, 3.05) is 6.54 Å². The van der Waals surface area contributed by atoms with Gasteiger partial charge in [0.15, 0.2) is 0 Å². The number of carbonyl (C=O) groups is 1. The fourth-order valence-corrected chi connectivity index (χ4v) is 3.38. The van der Waals surface area contributed by atoms with Crippen LogP contribution in [0, 0.1) is 6.92 Å². The Bertz CT molecular complexity index is 910. The second kappa shape index (κ2) is 6.11. The number of likely N-dealkylation sites (tertiary alicyclic amines) is 1. The Hall–Kier alpha value is -2.63. The van der Waals surface area contributed by atoms with Crippen LogP contribution in [0.3, 0.4) is 0 Å². The molecule has 2 aromatic rings. The highest BCUT2D eigenvalue weighted by molar-refractivity contribution is 5.93. The Kier molecular flexibility index (Phi) is 4.13. The summed E-state index contributed by atoms with van der Waals surface area (Å²) in [4.78, 5) is 38.8. The second-order valence-electron chi connectivity index (χ2n) is 6.28. The van der Waals surface area contributed by atoms with Crippen molar-refractivity contribution in [3.05, 3.63) is 68.0 Å². The minimum Gasteiger partial charge on any atom is -0.330 e. The number of hydrogen-bond donors (Lipinski definition) is 0. The molecule has 0 bridgehead atoms. The highest BCUT2D eigenvalue weighted by Gasteiger charge is 2.32. The fourth-order valence-electron chi connectivity index (χ4n) is 3.38. The van der Waals surface area contributed by atoms with Gasteiger partial charge in [-0.3, -0.25) is 18.7 Å².